The molecule has 2 saturated heterocycles. The monoisotopic (exact) mass is 558 g/mol. The zero-order valence-electron chi connectivity index (χ0n) is 25.5. The molecule has 216 valence electrons. The normalized spacial score (nSPS) is 20.3. The zero-order valence-corrected chi connectivity index (χ0v) is 25.5. The van der Waals surface area contributed by atoms with Crippen LogP contribution in [-0.2, 0) is 18.6 Å². The highest BCUT2D eigenvalue weighted by Crippen LogP contribution is 2.38. The third-order valence-corrected chi connectivity index (χ3v) is 8.69. The summed E-state index contributed by atoms with van der Waals surface area (Å²) in [5.41, 5.74) is 0.968. The van der Waals surface area contributed by atoms with Crippen molar-refractivity contribution >= 4 is 25.2 Å². The van der Waals surface area contributed by atoms with Crippen LogP contribution in [-0.4, -0.2) is 43.8 Å². The molecule has 0 bridgehead atoms. The predicted molar refractivity (Wildman–Crippen MR) is 161 cm³/mol. The highest BCUT2D eigenvalue weighted by atomic mass is 16.7. The van der Waals surface area contributed by atoms with Gasteiger partial charge in [-0.3, -0.25) is 0 Å². The maximum atomic E-state index is 6.40. The number of para-hydroxylation sites is 1. The van der Waals surface area contributed by atoms with Gasteiger partial charge in [0.1, 0.15) is 17.2 Å². The molecule has 0 unspecified atom stereocenters. The van der Waals surface area contributed by atoms with Gasteiger partial charge >= 0.3 is 14.2 Å². The fourth-order valence-corrected chi connectivity index (χ4v) is 4.62. The van der Waals surface area contributed by atoms with E-state index in [2.05, 4.69) is 0 Å². The molecule has 0 N–H and O–H groups in total. The topological polar surface area (TPSA) is 64.6 Å². The van der Waals surface area contributed by atoms with Crippen LogP contribution in [0.25, 0.3) is 0 Å². The molecule has 0 saturated carbocycles. The number of hydrogen-bond acceptors (Lipinski definition) is 7. The predicted octanol–water partition coefficient (Wildman–Crippen LogP) is 5.45. The Morgan fingerprint density at radius 1 is 0.537 bits per heavy atom. The lowest BCUT2D eigenvalue weighted by Gasteiger charge is -2.32. The van der Waals surface area contributed by atoms with Gasteiger partial charge in [0.25, 0.3) is 6.29 Å². The van der Waals surface area contributed by atoms with E-state index in [-0.39, 0.29) is 0 Å². The lowest BCUT2D eigenvalue weighted by Crippen LogP contribution is -2.41. The maximum absolute atomic E-state index is 6.40. The van der Waals surface area contributed by atoms with Gasteiger partial charge < -0.3 is 32.8 Å². The van der Waals surface area contributed by atoms with Crippen LogP contribution in [0.1, 0.15) is 67.2 Å². The SMILES string of the molecule is COc1ccccc1C(Oc1ccc(B2OC(C)(C)C(C)(C)O2)cc1)Oc1ccc(B2OC(C)(C)C(C)(C)O2)cc1. The highest BCUT2D eigenvalue weighted by Gasteiger charge is 2.52. The summed E-state index contributed by atoms with van der Waals surface area (Å²) in [6, 6.07) is 23.1. The van der Waals surface area contributed by atoms with Crippen LogP contribution in [0.5, 0.6) is 17.2 Å². The Kier molecular flexibility index (Phi) is 7.70. The first-order valence-corrected chi connectivity index (χ1v) is 14.1. The molecule has 5 rings (SSSR count). The van der Waals surface area contributed by atoms with Crippen LogP contribution in [0.15, 0.2) is 72.8 Å². The second-order valence-corrected chi connectivity index (χ2v) is 12.6. The van der Waals surface area contributed by atoms with Gasteiger partial charge in [0.05, 0.1) is 35.1 Å². The Hall–Kier alpha value is -2.97. The van der Waals surface area contributed by atoms with Gasteiger partial charge in [-0.2, -0.15) is 0 Å². The van der Waals surface area contributed by atoms with E-state index in [0.717, 1.165) is 16.5 Å². The zero-order chi connectivity index (χ0) is 29.6. The molecule has 9 heteroatoms. The largest absolute Gasteiger partial charge is 0.496 e. The van der Waals surface area contributed by atoms with E-state index in [4.69, 9.17) is 32.8 Å². The standard InChI is InChI=1S/C32H40B2O7/c1-29(2)30(3,4)39-33(38-29)22-14-18-24(19-15-22)36-28(26-12-10-11-13-27(26)35-9)37-25-20-16-23(17-21-25)34-40-31(5,6)32(7,8)41-34/h10-21,28H,1-9H3. The summed E-state index contributed by atoms with van der Waals surface area (Å²) in [4.78, 5) is 0. The summed E-state index contributed by atoms with van der Waals surface area (Å²) < 4.78 is 43.2. The molecule has 2 aliphatic rings. The first kappa shape index (κ1) is 29.5. The molecule has 0 aliphatic carbocycles. The van der Waals surface area contributed by atoms with Crippen LogP contribution in [0.2, 0.25) is 0 Å². The van der Waals surface area contributed by atoms with Gasteiger partial charge in [0, 0.05) is 0 Å². The molecule has 3 aromatic rings. The summed E-state index contributed by atoms with van der Waals surface area (Å²) in [5.74, 6) is 1.94. The minimum Gasteiger partial charge on any atom is -0.496 e. The molecule has 7 nitrogen and oxygen atoms in total. The number of rotatable bonds is 8. The molecule has 0 amide bonds. The van der Waals surface area contributed by atoms with Crippen molar-refractivity contribution in [3.63, 3.8) is 0 Å². The van der Waals surface area contributed by atoms with Crippen LogP contribution in [0.3, 0.4) is 0 Å². The van der Waals surface area contributed by atoms with E-state index >= 15 is 0 Å². The van der Waals surface area contributed by atoms with Gasteiger partial charge in [-0.05, 0) is 103 Å². The van der Waals surface area contributed by atoms with E-state index in [1.165, 1.54) is 0 Å². The average molecular weight is 558 g/mol. The smallest absolute Gasteiger partial charge is 0.494 e. The first-order chi connectivity index (χ1) is 19.2. The Morgan fingerprint density at radius 2 is 0.902 bits per heavy atom. The molecule has 2 aliphatic heterocycles. The number of ether oxygens (including phenoxy) is 3. The molecule has 41 heavy (non-hydrogen) atoms. The Labute approximate surface area is 244 Å². The van der Waals surface area contributed by atoms with Crippen molar-refractivity contribution in [1.82, 2.24) is 0 Å². The highest BCUT2D eigenvalue weighted by molar-refractivity contribution is 6.62. The van der Waals surface area contributed by atoms with Crippen molar-refractivity contribution in [2.24, 2.45) is 0 Å². The summed E-state index contributed by atoms with van der Waals surface area (Å²) in [5, 5.41) is 0. The van der Waals surface area contributed by atoms with Crippen molar-refractivity contribution in [2.45, 2.75) is 84.1 Å². The molecule has 2 fully saturated rings. The van der Waals surface area contributed by atoms with Gasteiger partial charge in [-0.1, -0.05) is 36.4 Å². The summed E-state index contributed by atoms with van der Waals surface area (Å²) >= 11 is 0. The van der Waals surface area contributed by atoms with E-state index in [1.807, 2.05) is 128 Å². The Morgan fingerprint density at radius 3 is 1.27 bits per heavy atom. The molecule has 2 heterocycles. The summed E-state index contributed by atoms with van der Waals surface area (Å²) in [6.07, 6.45) is -0.767. The molecular formula is C32H40B2O7. The lowest BCUT2D eigenvalue weighted by atomic mass is 9.79. The van der Waals surface area contributed by atoms with Crippen LogP contribution in [0.4, 0.5) is 0 Å². The molecule has 0 atom stereocenters. The number of hydrogen-bond donors (Lipinski definition) is 0. The van der Waals surface area contributed by atoms with Crippen molar-refractivity contribution in [3.8, 4) is 17.2 Å². The lowest BCUT2D eigenvalue weighted by molar-refractivity contribution is 0.00213. The van der Waals surface area contributed by atoms with E-state index in [1.54, 1.807) is 7.11 Å². The number of methoxy groups -OCH3 is 1. The van der Waals surface area contributed by atoms with Gasteiger partial charge in [0.15, 0.2) is 0 Å². The van der Waals surface area contributed by atoms with Gasteiger partial charge in [0.2, 0.25) is 0 Å². The summed E-state index contributed by atoms with van der Waals surface area (Å²) in [7, 11) is 0.741. The second kappa shape index (κ2) is 10.7. The fraction of sp³-hybridized carbons (Fsp3) is 0.438. The van der Waals surface area contributed by atoms with Crippen molar-refractivity contribution in [2.75, 3.05) is 7.11 Å². The van der Waals surface area contributed by atoms with Crippen LogP contribution >= 0.6 is 0 Å². The van der Waals surface area contributed by atoms with Crippen LogP contribution in [0, 0.1) is 0 Å². The quantitative estimate of drug-likeness (QED) is 0.269. The number of benzene rings is 3. The van der Waals surface area contributed by atoms with E-state index in [9.17, 15) is 0 Å². The van der Waals surface area contributed by atoms with Gasteiger partial charge in [-0.15, -0.1) is 0 Å². The first-order valence-electron chi connectivity index (χ1n) is 14.1. The molecule has 0 aromatic heterocycles. The van der Waals surface area contributed by atoms with Crippen molar-refractivity contribution in [3.05, 3.63) is 78.4 Å². The van der Waals surface area contributed by atoms with Gasteiger partial charge in [-0.25, -0.2) is 0 Å². The van der Waals surface area contributed by atoms with Crippen LogP contribution < -0.4 is 25.1 Å². The van der Waals surface area contributed by atoms with E-state index in [0.29, 0.717) is 17.2 Å². The molecule has 0 spiro atoms. The minimum atomic E-state index is -0.767. The third kappa shape index (κ3) is 5.86. The third-order valence-electron chi connectivity index (χ3n) is 8.69. The fourth-order valence-electron chi connectivity index (χ4n) is 4.62. The Bertz CT molecular complexity index is 1240. The van der Waals surface area contributed by atoms with E-state index < -0.39 is 42.9 Å². The maximum Gasteiger partial charge on any atom is 0.494 e. The average Bonchev–Trinajstić information content (AvgIpc) is 3.28. The molecular weight excluding hydrogens is 518 g/mol. The second-order valence-electron chi connectivity index (χ2n) is 12.6. The minimum absolute atomic E-state index is 0.409. The Balaban J connectivity index is 1.35. The van der Waals surface area contributed by atoms with Crippen molar-refractivity contribution in [1.29, 1.82) is 0 Å². The summed E-state index contributed by atoms with van der Waals surface area (Å²) in [6.45, 7) is 16.3. The molecule has 0 radical (unpaired) electrons. The molecule has 3 aromatic carbocycles. The van der Waals surface area contributed by atoms with Crippen molar-refractivity contribution < 1.29 is 32.8 Å².